The minimum absolute atomic E-state index is 0.0699. The summed E-state index contributed by atoms with van der Waals surface area (Å²) in [6.07, 6.45) is 19.3. The lowest BCUT2D eigenvalue weighted by Gasteiger charge is -2.06. The van der Waals surface area contributed by atoms with Crippen LogP contribution in [0.4, 0.5) is 0 Å². The van der Waals surface area contributed by atoms with E-state index in [0.717, 1.165) is 29.7 Å². The Labute approximate surface area is 196 Å². The van der Waals surface area contributed by atoms with Crippen molar-refractivity contribution in [2.75, 3.05) is 6.61 Å². The zero-order valence-corrected chi connectivity index (χ0v) is 20.3. The van der Waals surface area contributed by atoms with E-state index in [-0.39, 0.29) is 5.78 Å². The molecule has 0 N–H and O–H groups in total. The highest BCUT2D eigenvalue weighted by molar-refractivity contribution is 6.08. The van der Waals surface area contributed by atoms with Crippen LogP contribution in [0.15, 0.2) is 54.6 Å². The fourth-order valence-corrected chi connectivity index (χ4v) is 4.10. The van der Waals surface area contributed by atoms with Crippen LogP contribution in [0.2, 0.25) is 0 Å². The lowest BCUT2D eigenvalue weighted by atomic mass is 10.0. The second kappa shape index (κ2) is 17.6. The summed E-state index contributed by atoms with van der Waals surface area (Å²) in [5, 5.41) is 0. The molecule has 0 aliphatic heterocycles. The van der Waals surface area contributed by atoms with Crippen LogP contribution < -0.4 is 0 Å². The number of carbonyl (C=O) groups is 1. The van der Waals surface area contributed by atoms with E-state index < -0.39 is 0 Å². The molecule has 0 saturated heterocycles. The third-order valence-electron chi connectivity index (χ3n) is 6.16. The highest BCUT2D eigenvalue weighted by Crippen LogP contribution is 2.14. The molecule has 2 aromatic rings. The molecule has 2 aromatic carbocycles. The molecule has 32 heavy (non-hydrogen) atoms. The average molecular weight is 437 g/mol. The Balaban J connectivity index is 1.41. The summed E-state index contributed by atoms with van der Waals surface area (Å²) in [7, 11) is 0. The van der Waals surface area contributed by atoms with Gasteiger partial charge in [0.2, 0.25) is 0 Å². The van der Waals surface area contributed by atoms with Crippen molar-refractivity contribution in [1.29, 1.82) is 0 Å². The molecule has 2 rings (SSSR count). The molecule has 0 radical (unpaired) electrons. The lowest BCUT2D eigenvalue weighted by Crippen LogP contribution is -2.01. The van der Waals surface area contributed by atoms with Crippen LogP contribution in [0.5, 0.6) is 0 Å². The number of rotatable bonds is 19. The number of hydrogen-bond donors (Lipinski definition) is 0. The van der Waals surface area contributed by atoms with Gasteiger partial charge in [0.15, 0.2) is 5.78 Å². The Morgan fingerprint density at radius 2 is 1.06 bits per heavy atom. The smallest absolute Gasteiger partial charge is 0.193 e. The first-order valence-corrected chi connectivity index (χ1v) is 13.1. The normalized spacial score (nSPS) is 11.0. The fraction of sp³-hybridized carbons (Fsp3) is 0.567. The molecule has 0 aromatic heterocycles. The molecule has 0 aliphatic carbocycles. The number of unbranched alkanes of at least 4 members (excludes halogenated alkanes) is 13. The van der Waals surface area contributed by atoms with Gasteiger partial charge in [0.25, 0.3) is 0 Å². The molecule has 0 saturated carbocycles. The van der Waals surface area contributed by atoms with Crippen LogP contribution >= 0.6 is 0 Å². The number of ketones is 1. The highest BCUT2D eigenvalue weighted by Gasteiger charge is 2.08. The largest absolute Gasteiger partial charge is 0.377 e. The Bertz CT molecular complexity index is 705. The van der Waals surface area contributed by atoms with E-state index in [1.807, 2.05) is 54.6 Å². The Kier molecular flexibility index (Phi) is 14.5. The topological polar surface area (TPSA) is 26.3 Å². The van der Waals surface area contributed by atoms with Crippen molar-refractivity contribution >= 4 is 5.78 Å². The first-order valence-electron chi connectivity index (χ1n) is 13.1. The van der Waals surface area contributed by atoms with Crippen molar-refractivity contribution < 1.29 is 9.53 Å². The van der Waals surface area contributed by atoms with Gasteiger partial charge in [-0.1, -0.05) is 145 Å². The van der Waals surface area contributed by atoms with Gasteiger partial charge in [0, 0.05) is 17.7 Å². The zero-order chi connectivity index (χ0) is 22.7. The molecule has 2 nitrogen and oxygen atoms in total. The van der Waals surface area contributed by atoms with E-state index in [1.165, 1.54) is 83.5 Å². The molecular weight excluding hydrogens is 392 g/mol. The van der Waals surface area contributed by atoms with Gasteiger partial charge in [0.05, 0.1) is 6.61 Å². The predicted molar refractivity (Wildman–Crippen MR) is 136 cm³/mol. The van der Waals surface area contributed by atoms with Gasteiger partial charge in [0.1, 0.15) is 0 Å². The second-order valence-electron chi connectivity index (χ2n) is 9.04. The van der Waals surface area contributed by atoms with Gasteiger partial charge in [-0.3, -0.25) is 4.79 Å². The molecular formula is C30H44O2. The second-order valence-corrected chi connectivity index (χ2v) is 9.04. The van der Waals surface area contributed by atoms with Crippen molar-refractivity contribution in [1.82, 2.24) is 0 Å². The summed E-state index contributed by atoms with van der Waals surface area (Å²) in [5.41, 5.74) is 2.58. The third kappa shape index (κ3) is 11.6. The summed E-state index contributed by atoms with van der Waals surface area (Å²) < 4.78 is 5.83. The van der Waals surface area contributed by atoms with E-state index in [9.17, 15) is 4.79 Å². The van der Waals surface area contributed by atoms with Gasteiger partial charge in [-0.25, -0.2) is 0 Å². The van der Waals surface area contributed by atoms with Crippen molar-refractivity contribution in [2.24, 2.45) is 0 Å². The van der Waals surface area contributed by atoms with E-state index in [1.54, 1.807) is 0 Å². The van der Waals surface area contributed by atoms with E-state index in [4.69, 9.17) is 4.74 Å². The van der Waals surface area contributed by atoms with Crippen molar-refractivity contribution in [3.63, 3.8) is 0 Å². The molecule has 0 aliphatic rings. The molecule has 2 heteroatoms. The summed E-state index contributed by atoms with van der Waals surface area (Å²) in [5.74, 6) is 0.0699. The standard InChI is InChI=1S/C30H44O2/c1-2-3-4-5-6-7-8-9-10-11-12-13-14-18-25-32-26-27-21-23-29(24-22-27)30(31)28-19-16-15-17-20-28/h15-17,19-24H,2-14,18,25-26H2,1H3. The maximum atomic E-state index is 12.4. The SMILES string of the molecule is CCCCCCCCCCCCCCCCOCc1ccc(C(=O)c2ccccc2)cc1. The molecule has 0 heterocycles. The van der Waals surface area contributed by atoms with Crippen LogP contribution in [-0.4, -0.2) is 12.4 Å². The Morgan fingerprint density at radius 3 is 1.59 bits per heavy atom. The first-order chi connectivity index (χ1) is 15.8. The predicted octanol–water partition coefficient (Wildman–Crippen LogP) is 8.92. The van der Waals surface area contributed by atoms with Crippen LogP contribution in [0.25, 0.3) is 0 Å². The number of hydrogen-bond acceptors (Lipinski definition) is 2. The van der Waals surface area contributed by atoms with E-state index >= 15 is 0 Å². The molecule has 0 fully saturated rings. The van der Waals surface area contributed by atoms with Gasteiger partial charge in [-0.05, 0) is 12.0 Å². The Morgan fingerprint density at radius 1 is 0.594 bits per heavy atom. The molecule has 176 valence electrons. The van der Waals surface area contributed by atoms with Crippen molar-refractivity contribution in [3.05, 3.63) is 71.3 Å². The molecule has 0 unspecified atom stereocenters. The maximum absolute atomic E-state index is 12.4. The molecule has 0 spiro atoms. The van der Waals surface area contributed by atoms with Gasteiger partial charge in [-0.2, -0.15) is 0 Å². The van der Waals surface area contributed by atoms with Crippen molar-refractivity contribution in [2.45, 2.75) is 103 Å². The quantitative estimate of drug-likeness (QED) is 0.162. The summed E-state index contributed by atoms with van der Waals surface area (Å²) in [4.78, 5) is 12.4. The van der Waals surface area contributed by atoms with Gasteiger partial charge >= 0.3 is 0 Å². The number of benzene rings is 2. The summed E-state index contributed by atoms with van der Waals surface area (Å²) in [6, 6.07) is 17.2. The fourth-order valence-electron chi connectivity index (χ4n) is 4.10. The first kappa shape index (κ1) is 26.3. The van der Waals surface area contributed by atoms with Crippen molar-refractivity contribution in [3.8, 4) is 0 Å². The summed E-state index contributed by atoms with van der Waals surface area (Å²) in [6.45, 7) is 3.73. The van der Waals surface area contributed by atoms with Crippen LogP contribution in [0.1, 0.15) is 118 Å². The van der Waals surface area contributed by atoms with Gasteiger partial charge < -0.3 is 4.74 Å². The third-order valence-corrected chi connectivity index (χ3v) is 6.16. The lowest BCUT2D eigenvalue weighted by molar-refractivity contribution is 0.103. The van der Waals surface area contributed by atoms with E-state index in [2.05, 4.69) is 6.92 Å². The minimum atomic E-state index is 0.0699. The molecule has 0 atom stereocenters. The number of ether oxygens (including phenoxy) is 1. The van der Waals surface area contributed by atoms with Crippen LogP contribution in [0, 0.1) is 0 Å². The van der Waals surface area contributed by atoms with Gasteiger partial charge in [-0.15, -0.1) is 0 Å². The molecule has 0 bridgehead atoms. The minimum Gasteiger partial charge on any atom is -0.377 e. The number of carbonyl (C=O) groups excluding carboxylic acids is 1. The maximum Gasteiger partial charge on any atom is 0.193 e. The van der Waals surface area contributed by atoms with Crippen LogP contribution in [0.3, 0.4) is 0 Å². The highest BCUT2D eigenvalue weighted by atomic mass is 16.5. The molecule has 0 amide bonds. The Hall–Kier alpha value is -1.93. The average Bonchev–Trinajstić information content (AvgIpc) is 2.84. The zero-order valence-electron chi connectivity index (χ0n) is 20.3. The van der Waals surface area contributed by atoms with Crippen LogP contribution in [-0.2, 0) is 11.3 Å². The monoisotopic (exact) mass is 436 g/mol. The van der Waals surface area contributed by atoms with E-state index in [0.29, 0.717) is 6.61 Å². The summed E-state index contributed by atoms with van der Waals surface area (Å²) >= 11 is 0.